The Kier molecular flexibility index (Phi) is 6.18. The molecule has 164 valence electrons. The van der Waals surface area contributed by atoms with Crippen molar-refractivity contribution in [1.82, 2.24) is 26.5 Å². The van der Waals surface area contributed by atoms with Gasteiger partial charge in [0.05, 0.1) is 23.3 Å². The van der Waals surface area contributed by atoms with E-state index >= 15 is 0 Å². The molecular weight excluding hydrogens is 406 g/mol. The summed E-state index contributed by atoms with van der Waals surface area (Å²) in [5.74, 6) is 0.330. The van der Waals surface area contributed by atoms with Gasteiger partial charge in [0.15, 0.2) is 0 Å². The number of carbonyl (C=O) groups excluding carboxylic acids is 2. The predicted molar refractivity (Wildman–Crippen MR) is 113 cm³/mol. The van der Waals surface area contributed by atoms with Crippen molar-refractivity contribution in [2.24, 2.45) is 5.92 Å². The molecule has 2 heterocycles. The minimum atomic E-state index is -0.297. The molecule has 4 rings (SSSR count). The largest absolute Gasteiger partial charge is 0.446 e. The molecule has 0 aromatic carbocycles. The quantitative estimate of drug-likeness (QED) is 0.546. The third-order valence-corrected chi connectivity index (χ3v) is 6.78. The van der Waals surface area contributed by atoms with Gasteiger partial charge in [-0.25, -0.2) is 10.2 Å². The van der Waals surface area contributed by atoms with Crippen LogP contribution in [0.4, 0.5) is 4.79 Å². The van der Waals surface area contributed by atoms with Crippen LogP contribution in [0.2, 0.25) is 5.02 Å². The van der Waals surface area contributed by atoms with Crippen LogP contribution in [0.3, 0.4) is 0 Å². The summed E-state index contributed by atoms with van der Waals surface area (Å²) in [6.07, 6.45) is 6.90. The highest BCUT2D eigenvalue weighted by molar-refractivity contribution is 6.31. The Balaban J connectivity index is 1.19. The predicted octanol–water partition coefficient (Wildman–Crippen LogP) is 2.34. The van der Waals surface area contributed by atoms with E-state index in [0.717, 1.165) is 44.1 Å². The van der Waals surface area contributed by atoms with E-state index in [1.165, 1.54) is 0 Å². The van der Waals surface area contributed by atoms with Crippen LogP contribution in [0.5, 0.6) is 0 Å². The second kappa shape index (κ2) is 8.69. The average Bonchev–Trinajstić information content (AvgIpc) is 3.07. The molecule has 8 nitrogen and oxygen atoms in total. The molecule has 1 aromatic rings. The summed E-state index contributed by atoms with van der Waals surface area (Å²) in [6.45, 7) is 3.94. The normalized spacial score (nSPS) is 29.4. The fourth-order valence-electron chi connectivity index (χ4n) is 4.27. The van der Waals surface area contributed by atoms with Gasteiger partial charge in [0.25, 0.3) is 0 Å². The maximum atomic E-state index is 12.4. The van der Waals surface area contributed by atoms with Crippen molar-refractivity contribution >= 4 is 23.6 Å². The standard InChI is InChI=1S/C21H30ClN5O3/c1-12-7-14(23-11-16(12)22)9-19(28)24-18-10-17(26-27-18)13-3-4-15(8-13)30-20(29)25-21(2)5-6-21/h7,11,13,15,17-18,26-27H,3-6,8-10H2,1-2H3,(H,24,28)(H,25,29)/t13-,15+,17?,18?/m0/s1. The summed E-state index contributed by atoms with van der Waals surface area (Å²) in [4.78, 5) is 28.6. The molecule has 2 aliphatic carbocycles. The summed E-state index contributed by atoms with van der Waals surface area (Å²) in [7, 11) is 0. The Bertz CT molecular complexity index is 816. The molecular formula is C21H30ClN5O3. The summed E-state index contributed by atoms with van der Waals surface area (Å²) >= 11 is 5.99. The van der Waals surface area contributed by atoms with Crippen molar-refractivity contribution < 1.29 is 14.3 Å². The summed E-state index contributed by atoms with van der Waals surface area (Å²) in [6, 6.07) is 2.08. The number of carbonyl (C=O) groups is 2. The molecule has 4 N–H and O–H groups in total. The molecule has 30 heavy (non-hydrogen) atoms. The molecule has 2 saturated carbocycles. The van der Waals surface area contributed by atoms with Crippen LogP contribution < -0.4 is 21.5 Å². The minimum absolute atomic E-state index is 0.0352. The fraction of sp³-hybridized carbons (Fsp3) is 0.667. The molecule has 3 aliphatic rings. The Hall–Kier alpha value is -1.90. The van der Waals surface area contributed by atoms with Crippen molar-refractivity contribution in [3.05, 3.63) is 28.5 Å². The number of amides is 2. The van der Waals surface area contributed by atoms with Gasteiger partial charge in [-0.1, -0.05) is 11.6 Å². The van der Waals surface area contributed by atoms with E-state index < -0.39 is 0 Å². The molecule has 9 heteroatoms. The average molecular weight is 436 g/mol. The number of hydrogen-bond acceptors (Lipinski definition) is 6. The second-order valence-corrected chi connectivity index (χ2v) is 9.55. The molecule has 2 unspecified atom stereocenters. The first kappa shape index (κ1) is 21.3. The number of aryl methyl sites for hydroxylation is 1. The van der Waals surface area contributed by atoms with Gasteiger partial charge in [-0.15, -0.1) is 0 Å². The van der Waals surface area contributed by atoms with Crippen LogP contribution in [-0.4, -0.2) is 40.8 Å². The van der Waals surface area contributed by atoms with E-state index in [4.69, 9.17) is 16.3 Å². The molecule has 3 fully saturated rings. The van der Waals surface area contributed by atoms with E-state index in [2.05, 4.69) is 26.5 Å². The number of pyridine rings is 1. The summed E-state index contributed by atoms with van der Waals surface area (Å²) in [5, 5.41) is 6.56. The molecule has 2 amide bonds. The molecule has 1 aliphatic heterocycles. The Labute approximate surface area is 181 Å². The highest BCUT2D eigenvalue weighted by Gasteiger charge is 2.41. The molecule has 0 radical (unpaired) electrons. The van der Waals surface area contributed by atoms with Crippen molar-refractivity contribution in [2.45, 2.75) is 82.6 Å². The number of nitrogens with one attached hydrogen (secondary N) is 4. The van der Waals surface area contributed by atoms with Gasteiger partial charge in [0, 0.05) is 17.8 Å². The zero-order valence-corrected chi connectivity index (χ0v) is 18.2. The Morgan fingerprint density at radius 3 is 2.83 bits per heavy atom. The lowest BCUT2D eigenvalue weighted by atomic mass is 9.96. The highest BCUT2D eigenvalue weighted by Crippen LogP contribution is 2.36. The second-order valence-electron chi connectivity index (χ2n) is 9.14. The lowest BCUT2D eigenvalue weighted by Crippen LogP contribution is -2.45. The monoisotopic (exact) mass is 435 g/mol. The van der Waals surface area contributed by atoms with E-state index in [1.807, 2.05) is 19.9 Å². The first-order valence-corrected chi connectivity index (χ1v) is 11.1. The SMILES string of the molecule is Cc1cc(CC(=O)NC2CC([C@H]3CC[C@@H](OC(=O)NC4(C)CC4)C3)NN2)ncc1Cl. The maximum Gasteiger partial charge on any atom is 0.407 e. The number of alkyl carbamates (subject to hydrolysis) is 1. The van der Waals surface area contributed by atoms with Crippen LogP contribution in [0.25, 0.3) is 0 Å². The number of hydrazine groups is 1. The minimum Gasteiger partial charge on any atom is -0.446 e. The number of hydrogen-bond donors (Lipinski definition) is 4. The lowest BCUT2D eigenvalue weighted by molar-refractivity contribution is -0.121. The molecule has 1 aromatic heterocycles. The van der Waals surface area contributed by atoms with Crippen molar-refractivity contribution in [2.75, 3.05) is 0 Å². The van der Waals surface area contributed by atoms with Gasteiger partial charge in [0.1, 0.15) is 6.10 Å². The van der Waals surface area contributed by atoms with Crippen LogP contribution in [0.1, 0.15) is 56.7 Å². The van der Waals surface area contributed by atoms with Gasteiger partial charge in [-0.3, -0.25) is 15.2 Å². The first-order chi connectivity index (χ1) is 14.3. The lowest BCUT2D eigenvalue weighted by Gasteiger charge is -2.19. The number of nitrogens with zero attached hydrogens (tertiary/aromatic N) is 1. The molecule has 4 atom stereocenters. The van der Waals surface area contributed by atoms with Crippen molar-refractivity contribution in [3.8, 4) is 0 Å². The Morgan fingerprint density at radius 2 is 2.10 bits per heavy atom. The van der Waals surface area contributed by atoms with Crippen molar-refractivity contribution in [3.63, 3.8) is 0 Å². The van der Waals surface area contributed by atoms with E-state index in [0.29, 0.717) is 16.6 Å². The maximum absolute atomic E-state index is 12.4. The highest BCUT2D eigenvalue weighted by atomic mass is 35.5. The topological polar surface area (TPSA) is 104 Å². The third-order valence-electron chi connectivity index (χ3n) is 6.38. The summed E-state index contributed by atoms with van der Waals surface area (Å²) < 4.78 is 5.61. The summed E-state index contributed by atoms with van der Waals surface area (Å²) in [5.41, 5.74) is 8.03. The molecule has 0 spiro atoms. The number of halogens is 1. The van der Waals surface area contributed by atoms with Crippen LogP contribution in [-0.2, 0) is 16.0 Å². The van der Waals surface area contributed by atoms with Crippen molar-refractivity contribution in [1.29, 1.82) is 0 Å². The number of ether oxygens (including phenoxy) is 1. The van der Waals surface area contributed by atoms with Gasteiger partial charge in [-0.2, -0.15) is 0 Å². The zero-order valence-electron chi connectivity index (χ0n) is 17.5. The van der Waals surface area contributed by atoms with E-state index in [-0.39, 0.29) is 42.3 Å². The molecule has 1 saturated heterocycles. The van der Waals surface area contributed by atoms with Crippen LogP contribution in [0.15, 0.2) is 12.3 Å². The third kappa shape index (κ3) is 5.42. The first-order valence-electron chi connectivity index (χ1n) is 10.7. The smallest absolute Gasteiger partial charge is 0.407 e. The van der Waals surface area contributed by atoms with Gasteiger partial charge >= 0.3 is 6.09 Å². The zero-order chi connectivity index (χ0) is 21.3. The fourth-order valence-corrected chi connectivity index (χ4v) is 4.38. The van der Waals surface area contributed by atoms with Gasteiger partial charge in [0.2, 0.25) is 5.91 Å². The van der Waals surface area contributed by atoms with Gasteiger partial charge < -0.3 is 15.4 Å². The van der Waals surface area contributed by atoms with E-state index in [1.54, 1.807) is 6.20 Å². The van der Waals surface area contributed by atoms with E-state index in [9.17, 15) is 9.59 Å². The number of rotatable bonds is 6. The van der Waals surface area contributed by atoms with Crippen LogP contribution in [0, 0.1) is 12.8 Å². The van der Waals surface area contributed by atoms with Crippen LogP contribution >= 0.6 is 11.6 Å². The Morgan fingerprint density at radius 1 is 1.30 bits per heavy atom. The molecule has 0 bridgehead atoms. The van der Waals surface area contributed by atoms with Gasteiger partial charge in [-0.05, 0) is 69.9 Å². The number of aromatic nitrogens is 1.